The number of nitrogens with zero attached hydrogens (tertiary/aromatic N) is 2. The molecule has 0 saturated carbocycles. The van der Waals surface area contributed by atoms with Crippen LogP contribution in [0.15, 0.2) is 47.2 Å². The van der Waals surface area contributed by atoms with Crippen LogP contribution in [0, 0.1) is 0 Å². The number of hydrogen-bond donors (Lipinski definition) is 2. The summed E-state index contributed by atoms with van der Waals surface area (Å²) in [5.41, 5.74) is 1.26. The summed E-state index contributed by atoms with van der Waals surface area (Å²) < 4.78 is 5.50. The molecule has 0 saturated heterocycles. The molecule has 0 unspecified atom stereocenters. The lowest BCUT2D eigenvalue weighted by Gasteiger charge is -2.14. The number of carbonyl (C=O) groups is 2. The summed E-state index contributed by atoms with van der Waals surface area (Å²) in [5.74, 6) is 0.941. The number of hydrogen-bond acceptors (Lipinski definition) is 6. The number of aromatic nitrogens is 1. The average Bonchev–Trinajstić information content (AvgIpc) is 3.07. The Hall–Kier alpha value is -1.93. The summed E-state index contributed by atoms with van der Waals surface area (Å²) in [4.78, 5) is 23.8. The van der Waals surface area contributed by atoms with Crippen LogP contribution in [0.4, 0.5) is 4.79 Å². The van der Waals surface area contributed by atoms with Crippen LogP contribution in [-0.2, 0) is 5.75 Å². The summed E-state index contributed by atoms with van der Waals surface area (Å²) in [6.45, 7) is 0.431. The van der Waals surface area contributed by atoms with Crippen molar-refractivity contribution in [2.24, 2.45) is 0 Å². The Labute approximate surface area is 137 Å². The molecule has 2 aromatic rings. The van der Waals surface area contributed by atoms with Crippen LogP contribution in [0.25, 0.3) is 0 Å². The van der Waals surface area contributed by atoms with Crippen LogP contribution in [0.2, 0.25) is 0 Å². The van der Waals surface area contributed by atoms with Crippen molar-refractivity contribution >= 4 is 36.5 Å². The van der Waals surface area contributed by atoms with Crippen LogP contribution in [0.5, 0.6) is 0 Å². The van der Waals surface area contributed by atoms with Crippen molar-refractivity contribution in [1.29, 1.82) is 0 Å². The van der Waals surface area contributed by atoms with Gasteiger partial charge in [0.15, 0.2) is 0 Å². The number of benzene rings is 1. The maximum Gasteiger partial charge on any atom is 0.334 e. The van der Waals surface area contributed by atoms with Crippen molar-refractivity contribution < 1.29 is 14.1 Å². The molecule has 22 heavy (non-hydrogen) atoms. The fourth-order valence-corrected chi connectivity index (χ4v) is 2.52. The maximum atomic E-state index is 12.0. The fraction of sp³-hybridized carbons (Fsp3) is 0.214. The molecule has 0 atom stereocenters. The normalized spacial score (nSPS) is 10.2. The summed E-state index contributed by atoms with van der Waals surface area (Å²) in [6, 6.07) is 9.77. The van der Waals surface area contributed by atoms with E-state index in [4.69, 9.17) is 4.52 Å². The number of thiol groups is 1. The molecule has 0 spiro atoms. The molecule has 0 aliphatic rings. The molecule has 3 amide bonds. The zero-order valence-corrected chi connectivity index (χ0v) is 13.3. The first kappa shape index (κ1) is 16.4. The lowest BCUT2D eigenvalue weighted by molar-refractivity contribution is 0.0896. The van der Waals surface area contributed by atoms with E-state index in [2.05, 4.69) is 23.3 Å². The maximum absolute atomic E-state index is 12.0. The van der Waals surface area contributed by atoms with Gasteiger partial charge in [0.2, 0.25) is 0 Å². The molecule has 1 N–H and O–H groups in total. The number of urea groups is 1. The molecule has 2 rings (SSSR count). The number of rotatable bonds is 6. The third-order valence-corrected chi connectivity index (χ3v) is 4.03. The van der Waals surface area contributed by atoms with Gasteiger partial charge >= 0.3 is 6.03 Å². The molecule has 1 aromatic heterocycles. The topological polar surface area (TPSA) is 75.4 Å². The smallest absolute Gasteiger partial charge is 0.334 e. The summed E-state index contributed by atoms with van der Waals surface area (Å²) in [5, 5.41) is 6.42. The largest absolute Gasteiger partial charge is 0.364 e. The van der Waals surface area contributed by atoms with E-state index >= 15 is 0 Å². The van der Waals surface area contributed by atoms with E-state index in [0.717, 1.165) is 10.00 Å². The molecule has 0 radical (unpaired) electrons. The molecular weight excluding hydrogens is 322 g/mol. The lowest BCUT2D eigenvalue weighted by Crippen LogP contribution is -2.38. The molecule has 0 aliphatic heterocycles. The summed E-state index contributed by atoms with van der Waals surface area (Å²) >= 11 is 5.55. The van der Waals surface area contributed by atoms with Crippen molar-refractivity contribution in [1.82, 2.24) is 14.8 Å². The predicted octanol–water partition coefficient (Wildman–Crippen LogP) is 2.60. The van der Waals surface area contributed by atoms with Gasteiger partial charge in [-0.05, 0) is 12.1 Å². The fourth-order valence-electron chi connectivity index (χ4n) is 1.59. The molecular formula is C14H15N3O3S2. The van der Waals surface area contributed by atoms with Gasteiger partial charge in [0.25, 0.3) is 5.91 Å². The van der Waals surface area contributed by atoms with Gasteiger partial charge in [0.05, 0.1) is 5.69 Å². The second-order valence-corrected chi connectivity index (χ2v) is 5.76. The molecule has 1 heterocycles. The molecule has 8 heteroatoms. The highest BCUT2D eigenvalue weighted by molar-refractivity contribution is 7.98. The summed E-state index contributed by atoms with van der Waals surface area (Å²) in [6.07, 6.45) is 1.52. The van der Waals surface area contributed by atoms with Gasteiger partial charge < -0.3 is 9.84 Å². The van der Waals surface area contributed by atoms with E-state index in [9.17, 15) is 9.59 Å². The van der Waals surface area contributed by atoms with Gasteiger partial charge in [-0.2, -0.15) is 11.8 Å². The van der Waals surface area contributed by atoms with Gasteiger partial charge in [-0.25, -0.2) is 9.10 Å². The lowest BCUT2D eigenvalue weighted by atomic mass is 10.2. The zero-order valence-electron chi connectivity index (χ0n) is 11.6. The SMILES string of the molecule is O=C(NCCSCc1ccon1)N(S)C(=O)c1ccccc1. The highest BCUT2D eigenvalue weighted by Gasteiger charge is 2.18. The third-order valence-electron chi connectivity index (χ3n) is 2.67. The molecule has 116 valence electrons. The van der Waals surface area contributed by atoms with E-state index in [0.29, 0.717) is 23.6 Å². The highest BCUT2D eigenvalue weighted by Crippen LogP contribution is 2.09. The second-order valence-electron chi connectivity index (χ2n) is 4.26. The van der Waals surface area contributed by atoms with Gasteiger partial charge in [-0.15, -0.1) is 0 Å². The summed E-state index contributed by atoms with van der Waals surface area (Å²) in [7, 11) is 0. The standard InChI is InChI=1S/C14H15N3O3S2/c18-13(11-4-2-1-3-5-11)17(21)14(19)15-7-9-22-10-12-6-8-20-16-12/h1-6,8,21H,7,9-10H2,(H,15,19). The van der Waals surface area contributed by atoms with Crippen molar-refractivity contribution in [2.45, 2.75) is 5.75 Å². The first-order chi connectivity index (χ1) is 10.7. The number of imide groups is 1. The second kappa shape index (κ2) is 8.50. The highest BCUT2D eigenvalue weighted by atomic mass is 32.2. The van der Waals surface area contributed by atoms with Crippen LogP contribution in [0.3, 0.4) is 0 Å². The molecule has 0 fully saturated rings. The first-order valence-electron chi connectivity index (χ1n) is 6.51. The quantitative estimate of drug-likeness (QED) is 0.626. The molecule has 0 aliphatic carbocycles. The number of amides is 3. The van der Waals surface area contributed by atoms with E-state index < -0.39 is 11.9 Å². The molecule has 0 bridgehead atoms. The minimum atomic E-state index is -0.542. The van der Waals surface area contributed by atoms with Gasteiger partial charge in [-0.1, -0.05) is 36.2 Å². The van der Waals surface area contributed by atoms with E-state index in [1.165, 1.54) is 6.26 Å². The Bertz CT molecular complexity index is 605. The van der Waals surface area contributed by atoms with Crippen LogP contribution in [-0.4, -0.2) is 33.7 Å². The van der Waals surface area contributed by atoms with E-state index in [1.807, 2.05) is 0 Å². The average molecular weight is 337 g/mol. The third kappa shape index (κ3) is 4.81. The van der Waals surface area contributed by atoms with Crippen LogP contribution in [0.1, 0.15) is 16.1 Å². The van der Waals surface area contributed by atoms with Crippen molar-refractivity contribution in [3.63, 3.8) is 0 Å². The van der Waals surface area contributed by atoms with E-state index in [1.54, 1.807) is 48.2 Å². The van der Waals surface area contributed by atoms with Crippen LogP contribution < -0.4 is 5.32 Å². The monoisotopic (exact) mass is 337 g/mol. The van der Waals surface area contributed by atoms with E-state index in [-0.39, 0.29) is 0 Å². The minimum absolute atomic E-state index is 0.410. The Balaban J connectivity index is 1.69. The Morgan fingerprint density at radius 2 is 2.05 bits per heavy atom. The minimum Gasteiger partial charge on any atom is -0.364 e. The van der Waals surface area contributed by atoms with Crippen molar-refractivity contribution in [3.05, 3.63) is 53.9 Å². The number of nitrogens with one attached hydrogen (secondary N) is 1. The zero-order chi connectivity index (χ0) is 15.8. The van der Waals surface area contributed by atoms with Crippen molar-refractivity contribution in [2.75, 3.05) is 12.3 Å². The number of thioether (sulfide) groups is 1. The number of carbonyl (C=O) groups excluding carboxylic acids is 2. The molecule has 6 nitrogen and oxygen atoms in total. The first-order valence-corrected chi connectivity index (χ1v) is 8.07. The van der Waals surface area contributed by atoms with Crippen molar-refractivity contribution in [3.8, 4) is 0 Å². The Kier molecular flexibility index (Phi) is 6.35. The Morgan fingerprint density at radius 3 is 2.73 bits per heavy atom. The van der Waals surface area contributed by atoms with Gasteiger partial charge in [-0.3, -0.25) is 4.79 Å². The molecule has 1 aromatic carbocycles. The van der Waals surface area contributed by atoms with Crippen LogP contribution >= 0.6 is 24.6 Å². The van der Waals surface area contributed by atoms with Gasteiger partial charge in [0.1, 0.15) is 6.26 Å². The van der Waals surface area contributed by atoms with Gasteiger partial charge in [0, 0.05) is 29.7 Å². The predicted molar refractivity (Wildman–Crippen MR) is 87.7 cm³/mol. The Morgan fingerprint density at radius 1 is 1.27 bits per heavy atom.